The second-order valence-corrected chi connectivity index (χ2v) is 6.39. The molecule has 162 valence electrons. The molecule has 0 aliphatic heterocycles. The lowest BCUT2D eigenvalue weighted by molar-refractivity contribution is -0.394. The summed E-state index contributed by atoms with van der Waals surface area (Å²) < 4.78 is 4.85. The number of benzene rings is 2. The Bertz CT molecular complexity index is 994. The van der Waals surface area contributed by atoms with Crippen LogP contribution in [0.4, 0.5) is 17.1 Å². The van der Waals surface area contributed by atoms with Gasteiger partial charge in [-0.1, -0.05) is 0 Å². The van der Waals surface area contributed by atoms with Gasteiger partial charge >= 0.3 is 0 Å². The predicted octanol–water partition coefficient (Wildman–Crippen LogP) is 2.01. The standard InChI is InChI=1S/C18H17N5O7S/c1-30-7-6-19-16(24)11-2-4-13(5-3-11)20-18(31)21-17(25)12-8-14(22(26)27)10-15(9-12)23(28)29/h2-5,8-10H,6-7H2,1H3,(H,19,24)(H2,20,21,25,31). The normalized spacial score (nSPS) is 10.1. The number of amides is 2. The van der Waals surface area contributed by atoms with Gasteiger partial charge in [0.05, 0.1) is 28.1 Å². The van der Waals surface area contributed by atoms with Crippen LogP contribution in [-0.2, 0) is 4.74 Å². The van der Waals surface area contributed by atoms with Crippen LogP contribution in [0.25, 0.3) is 0 Å². The summed E-state index contributed by atoms with van der Waals surface area (Å²) in [5, 5.41) is 29.4. The van der Waals surface area contributed by atoms with E-state index in [0.717, 1.165) is 18.2 Å². The quantitative estimate of drug-likeness (QED) is 0.237. The van der Waals surface area contributed by atoms with Gasteiger partial charge in [-0.2, -0.15) is 0 Å². The second-order valence-electron chi connectivity index (χ2n) is 5.99. The molecule has 0 radical (unpaired) electrons. The average Bonchev–Trinajstić information content (AvgIpc) is 2.73. The molecule has 0 unspecified atom stereocenters. The molecule has 0 spiro atoms. The summed E-state index contributed by atoms with van der Waals surface area (Å²) in [7, 11) is 1.52. The van der Waals surface area contributed by atoms with E-state index >= 15 is 0 Å². The van der Waals surface area contributed by atoms with E-state index in [0.29, 0.717) is 24.4 Å². The van der Waals surface area contributed by atoms with Gasteiger partial charge in [0.2, 0.25) is 0 Å². The molecule has 2 amide bonds. The fourth-order valence-corrected chi connectivity index (χ4v) is 2.56. The molecule has 12 nitrogen and oxygen atoms in total. The van der Waals surface area contributed by atoms with E-state index in [1.54, 1.807) is 24.3 Å². The second kappa shape index (κ2) is 10.7. The van der Waals surface area contributed by atoms with Crippen molar-refractivity contribution in [2.45, 2.75) is 0 Å². The Hall–Kier alpha value is -3.97. The summed E-state index contributed by atoms with van der Waals surface area (Å²) in [4.78, 5) is 44.5. The summed E-state index contributed by atoms with van der Waals surface area (Å²) >= 11 is 5.03. The van der Waals surface area contributed by atoms with E-state index in [9.17, 15) is 29.8 Å². The minimum absolute atomic E-state index is 0.142. The lowest BCUT2D eigenvalue weighted by Gasteiger charge is -2.10. The Balaban J connectivity index is 2.02. The number of carbonyl (C=O) groups is 2. The molecule has 0 fully saturated rings. The topological polar surface area (TPSA) is 166 Å². The number of hydrogen-bond acceptors (Lipinski definition) is 8. The van der Waals surface area contributed by atoms with E-state index in [1.165, 1.54) is 7.11 Å². The summed E-state index contributed by atoms with van der Waals surface area (Å²) in [5.74, 6) is -1.15. The number of rotatable bonds is 8. The van der Waals surface area contributed by atoms with Crippen molar-refractivity contribution in [1.82, 2.24) is 10.6 Å². The van der Waals surface area contributed by atoms with Gasteiger partial charge in [0, 0.05) is 37.0 Å². The summed E-state index contributed by atoms with van der Waals surface area (Å²) in [6.07, 6.45) is 0. The van der Waals surface area contributed by atoms with E-state index in [-0.39, 0.29) is 16.6 Å². The zero-order chi connectivity index (χ0) is 23.0. The molecule has 0 bridgehead atoms. The van der Waals surface area contributed by atoms with E-state index in [4.69, 9.17) is 17.0 Å². The number of methoxy groups -OCH3 is 1. The highest BCUT2D eigenvalue weighted by Gasteiger charge is 2.20. The van der Waals surface area contributed by atoms with Crippen LogP contribution in [0.2, 0.25) is 0 Å². The Kier molecular flexibility index (Phi) is 8.05. The first kappa shape index (κ1) is 23.3. The zero-order valence-corrected chi connectivity index (χ0v) is 16.9. The molecule has 0 heterocycles. The van der Waals surface area contributed by atoms with E-state index in [2.05, 4.69) is 16.0 Å². The first-order valence-electron chi connectivity index (χ1n) is 8.64. The van der Waals surface area contributed by atoms with E-state index < -0.39 is 27.1 Å². The molecule has 0 atom stereocenters. The Labute approximate surface area is 180 Å². The Morgan fingerprint density at radius 1 is 0.968 bits per heavy atom. The summed E-state index contributed by atoms with van der Waals surface area (Å²) in [5.41, 5.74) is -0.632. The van der Waals surface area contributed by atoms with Crippen LogP contribution in [0.1, 0.15) is 20.7 Å². The monoisotopic (exact) mass is 447 g/mol. The smallest absolute Gasteiger partial charge is 0.277 e. The molecule has 0 aromatic heterocycles. The van der Waals surface area contributed by atoms with Gasteiger partial charge < -0.3 is 15.4 Å². The van der Waals surface area contributed by atoms with Crippen LogP contribution in [0, 0.1) is 20.2 Å². The van der Waals surface area contributed by atoms with Crippen LogP contribution >= 0.6 is 12.2 Å². The van der Waals surface area contributed by atoms with Gasteiger partial charge in [-0.15, -0.1) is 0 Å². The van der Waals surface area contributed by atoms with Crippen molar-refractivity contribution in [1.29, 1.82) is 0 Å². The molecule has 2 aromatic carbocycles. The number of carbonyl (C=O) groups excluding carboxylic acids is 2. The molecule has 13 heteroatoms. The lowest BCUT2D eigenvalue weighted by Crippen LogP contribution is -2.34. The highest BCUT2D eigenvalue weighted by atomic mass is 32.1. The minimum atomic E-state index is -0.863. The number of non-ortho nitro benzene ring substituents is 2. The number of nitro groups is 2. The number of thiocarbonyl (C=S) groups is 1. The number of nitrogens with zero attached hydrogens (tertiary/aromatic N) is 2. The van der Waals surface area contributed by atoms with Crippen molar-refractivity contribution in [3.8, 4) is 0 Å². The maximum atomic E-state index is 12.3. The van der Waals surface area contributed by atoms with Gasteiger partial charge in [0.15, 0.2) is 5.11 Å². The first-order chi connectivity index (χ1) is 14.7. The molecular weight excluding hydrogens is 430 g/mol. The molecule has 0 aliphatic carbocycles. The largest absolute Gasteiger partial charge is 0.383 e. The highest BCUT2D eigenvalue weighted by Crippen LogP contribution is 2.22. The third-order valence-corrected chi connectivity index (χ3v) is 4.01. The third kappa shape index (κ3) is 6.80. The number of ether oxygens (including phenoxy) is 1. The molecule has 3 N–H and O–H groups in total. The average molecular weight is 447 g/mol. The number of anilines is 1. The van der Waals surface area contributed by atoms with Crippen LogP contribution in [0.15, 0.2) is 42.5 Å². The molecule has 2 rings (SSSR count). The minimum Gasteiger partial charge on any atom is -0.383 e. The van der Waals surface area contributed by atoms with Crippen LogP contribution in [0.3, 0.4) is 0 Å². The predicted molar refractivity (Wildman–Crippen MR) is 114 cm³/mol. The van der Waals surface area contributed by atoms with Crippen molar-refractivity contribution in [2.24, 2.45) is 0 Å². The van der Waals surface area contributed by atoms with Crippen LogP contribution < -0.4 is 16.0 Å². The van der Waals surface area contributed by atoms with E-state index in [1.807, 2.05) is 0 Å². The molecule has 0 aliphatic rings. The van der Waals surface area contributed by atoms with Crippen molar-refractivity contribution >= 4 is 46.2 Å². The summed E-state index contributed by atoms with van der Waals surface area (Å²) in [6.45, 7) is 0.744. The molecule has 0 saturated heterocycles. The number of nitrogens with one attached hydrogen (secondary N) is 3. The van der Waals surface area contributed by atoms with Crippen molar-refractivity contribution in [2.75, 3.05) is 25.6 Å². The fourth-order valence-electron chi connectivity index (χ4n) is 2.35. The summed E-state index contributed by atoms with van der Waals surface area (Å²) in [6, 6.07) is 8.76. The molecular formula is C18H17N5O7S. The van der Waals surface area contributed by atoms with Gasteiger partial charge in [-0.25, -0.2) is 0 Å². The van der Waals surface area contributed by atoms with Crippen LogP contribution in [0.5, 0.6) is 0 Å². The maximum Gasteiger partial charge on any atom is 0.277 e. The number of nitro benzene ring substituents is 2. The highest BCUT2D eigenvalue weighted by molar-refractivity contribution is 7.80. The Morgan fingerprint density at radius 3 is 2.06 bits per heavy atom. The number of hydrogen-bond donors (Lipinski definition) is 3. The van der Waals surface area contributed by atoms with Gasteiger partial charge in [0.1, 0.15) is 0 Å². The molecule has 2 aromatic rings. The van der Waals surface area contributed by atoms with Crippen molar-refractivity contribution in [3.05, 3.63) is 73.8 Å². The first-order valence-corrected chi connectivity index (χ1v) is 9.05. The van der Waals surface area contributed by atoms with Crippen molar-refractivity contribution < 1.29 is 24.2 Å². The molecule has 0 saturated carbocycles. The fraction of sp³-hybridized carbons (Fsp3) is 0.167. The third-order valence-electron chi connectivity index (χ3n) is 3.81. The van der Waals surface area contributed by atoms with Gasteiger partial charge in [0.25, 0.3) is 23.2 Å². The molecule has 31 heavy (non-hydrogen) atoms. The van der Waals surface area contributed by atoms with Gasteiger partial charge in [-0.05, 0) is 36.5 Å². The maximum absolute atomic E-state index is 12.3. The Morgan fingerprint density at radius 2 is 1.55 bits per heavy atom. The van der Waals surface area contributed by atoms with Crippen LogP contribution in [-0.4, -0.2) is 47.0 Å². The van der Waals surface area contributed by atoms with Gasteiger partial charge in [-0.3, -0.25) is 35.1 Å². The van der Waals surface area contributed by atoms with Crippen molar-refractivity contribution in [3.63, 3.8) is 0 Å². The zero-order valence-electron chi connectivity index (χ0n) is 16.1. The SMILES string of the molecule is COCCNC(=O)c1ccc(NC(=S)NC(=O)c2cc([N+](=O)[O-])cc([N+](=O)[O-])c2)cc1. The lowest BCUT2D eigenvalue weighted by atomic mass is 10.1.